The maximum Gasteiger partial charge on any atom is 0.331 e. The first kappa shape index (κ1) is 15.9. The third-order valence-electron chi connectivity index (χ3n) is 4.93. The van der Waals surface area contributed by atoms with Crippen molar-refractivity contribution in [2.45, 2.75) is 31.3 Å². The van der Waals surface area contributed by atoms with Crippen molar-refractivity contribution in [3.05, 3.63) is 28.5 Å². The van der Waals surface area contributed by atoms with E-state index >= 15 is 0 Å². The number of pyridine rings is 1. The van der Waals surface area contributed by atoms with Gasteiger partial charge in [-0.1, -0.05) is 6.07 Å². The van der Waals surface area contributed by atoms with Crippen LogP contribution in [0.3, 0.4) is 0 Å². The minimum Gasteiger partial charge on any atom is -0.467 e. The molecule has 0 radical (unpaired) electrons. The number of hydrogen-bond acceptors (Lipinski definition) is 5. The second-order valence-electron chi connectivity index (χ2n) is 6.30. The molecule has 1 spiro atoms. The number of carbonyl (C=O) groups excluding carboxylic acids is 1. The summed E-state index contributed by atoms with van der Waals surface area (Å²) in [7, 11) is 1.38. The van der Waals surface area contributed by atoms with Crippen LogP contribution in [0.2, 0.25) is 0 Å². The number of hydrogen-bond donors (Lipinski definition) is 1. The molecule has 1 N–H and O–H groups in total. The first-order chi connectivity index (χ1) is 10.6. The monoisotopic (exact) mass is 368 g/mol. The van der Waals surface area contributed by atoms with Crippen molar-refractivity contribution < 1.29 is 14.3 Å². The standard InChI is InChI=1S/C16H21BrN2O3/c1-21-13(20)9-22-16(12-3-2-6-19-14(12)17)10-15(11-16)4-7-18-8-5-15/h2-3,6,18H,4-5,7-11H2,1H3. The molecule has 0 amide bonds. The highest BCUT2D eigenvalue weighted by Crippen LogP contribution is 2.61. The fourth-order valence-electron chi connectivity index (χ4n) is 3.82. The smallest absolute Gasteiger partial charge is 0.331 e. The Balaban J connectivity index is 1.81. The summed E-state index contributed by atoms with van der Waals surface area (Å²) in [5.41, 5.74) is 0.929. The maximum atomic E-state index is 11.5. The topological polar surface area (TPSA) is 60.5 Å². The summed E-state index contributed by atoms with van der Waals surface area (Å²) in [6, 6.07) is 3.94. The van der Waals surface area contributed by atoms with E-state index in [4.69, 9.17) is 9.47 Å². The van der Waals surface area contributed by atoms with Crippen LogP contribution < -0.4 is 5.32 Å². The molecule has 0 atom stereocenters. The van der Waals surface area contributed by atoms with Crippen LogP contribution in [0.1, 0.15) is 31.2 Å². The number of methoxy groups -OCH3 is 1. The lowest BCUT2D eigenvalue weighted by atomic mass is 9.53. The van der Waals surface area contributed by atoms with E-state index in [0.29, 0.717) is 5.41 Å². The Morgan fingerprint density at radius 1 is 1.41 bits per heavy atom. The van der Waals surface area contributed by atoms with Gasteiger partial charge in [0.1, 0.15) is 11.2 Å². The van der Waals surface area contributed by atoms with Crippen LogP contribution in [0.25, 0.3) is 0 Å². The highest BCUT2D eigenvalue weighted by Gasteiger charge is 2.57. The fourth-order valence-corrected chi connectivity index (χ4v) is 4.43. The van der Waals surface area contributed by atoms with Crippen LogP contribution in [-0.2, 0) is 19.9 Å². The summed E-state index contributed by atoms with van der Waals surface area (Å²) in [5.74, 6) is -0.342. The van der Waals surface area contributed by atoms with Gasteiger partial charge < -0.3 is 14.8 Å². The van der Waals surface area contributed by atoms with E-state index in [1.54, 1.807) is 6.20 Å². The van der Waals surface area contributed by atoms with Crippen LogP contribution >= 0.6 is 15.9 Å². The molecule has 1 saturated heterocycles. The number of halogens is 1. The molecule has 6 heteroatoms. The van der Waals surface area contributed by atoms with Crippen molar-refractivity contribution in [2.24, 2.45) is 5.41 Å². The van der Waals surface area contributed by atoms with Gasteiger partial charge in [-0.25, -0.2) is 9.78 Å². The van der Waals surface area contributed by atoms with Gasteiger partial charge in [0, 0.05) is 11.8 Å². The summed E-state index contributed by atoms with van der Waals surface area (Å²) < 4.78 is 11.6. The minimum atomic E-state index is -0.432. The van der Waals surface area contributed by atoms with Crippen LogP contribution in [0, 0.1) is 5.41 Å². The van der Waals surface area contributed by atoms with Crippen LogP contribution in [0.15, 0.2) is 22.9 Å². The number of ether oxygens (including phenoxy) is 2. The van der Waals surface area contributed by atoms with Crippen LogP contribution in [-0.4, -0.2) is 37.8 Å². The first-order valence-electron chi connectivity index (χ1n) is 7.62. The molecule has 22 heavy (non-hydrogen) atoms. The van der Waals surface area contributed by atoms with Crippen molar-refractivity contribution in [3.63, 3.8) is 0 Å². The third kappa shape index (κ3) is 2.92. The first-order valence-corrected chi connectivity index (χ1v) is 8.41. The minimum absolute atomic E-state index is 0.0217. The Bertz CT molecular complexity index is 550. The van der Waals surface area contributed by atoms with E-state index < -0.39 is 5.60 Å². The molecule has 0 aromatic carbocycles. The molecule has 120 valence electrons. The van der Waals surface area contributed by atoms with Gasteiger partial charge in [-0.2, -0.15) is 0 Å². The molecule has 3 rings (SSSR count). The average molecular weight is 369 g/mol. The van der Waals surface area contributed by atoms with Crippen molar-refractivity contribution in [3.8, 4) is 0 Å². The number of nitrogens with one attached hydrogen (secondary N) is 1. The van der Waals surface area contributed by atoms with E-state index in [9.17, 15) is 4.79 Å². The van der Waals surface area contributed by atoms with Crippen molar-refractivity contribution in [2.75, 3.05) is 26.8 Å². The van der Waals surface area contributed by atoms with Gasteiger partial charge in [-0.3, -0.25) is 0 Å². The van der Waals surface area contributed by atoms with Gasteiger partial charge in [0.25, 0.3) is 0 Å². The Kier molecular flexibility index (Phi) is 4.52. The molecule has 2 aliphatic rings. The second-order valence-corrected chi connectivity index (χ2v) is 7.06. The van der Waals surface area contributed by atoms with E-state index in [2.05, 4.69) is 26.2 Å². The molecule has 1 aliphatic heterocycles. The highest BCUT2D eigenvalue weighted by atomic mass is 79.9. The number of nitrogens with zero attached hydrogens (tertiary/aromatic N) is 1. The lowest BCUT2D eigenvalue weighted by Gasteiger charge is -2.57. The predicted octanol–water partition coefficient (Wildman–Crippen LogP) is 2.39. The molecule has 1 aromatic rings. The SMILES string of the molecule is COC(=O)COC1(c2cccnc2Br)CC2(CCNCC2)C1. The van der Waals surface area contributed by atoms with Crippen molar-refractivity contribution in [1.29, 1.82) is 0 Å². The Hall–Kier alpha value is -0.980. The van der Waals surface area contributed by atoms with Gasteiger partial charge >= 0.3 is 5.97 Å². The zero-order valence-electron chi connectivity index (χ0n) is 12.7. The fraction of sp³-hybridized carbons (Fsp3) is 0.625. The van der Waals surface area contributed by atoms with Gasteiger partial charge in [-0.05, 0) is 66.2 Å². The number of aromatic nitrogens is 1. The van der Waals surface area contributed by atoms with Gasteiger partial charge in [-0.15, -0.1) is 0 Å². The molecule has 1 aliphatic carbocycles. The zero-order valence-corrected chi connectivity index (χ0v) is 14.3. The van der Waals surface area contributed by atoms with E-state index in [0.717, 1.165) is 48.9 Å². The van der Waals surface area contributed by atoms with Crippen LogP contribution in [0.4, 0.5) is 0 Å². The second kappa shape index (κ2) is 6.26. The highest BCUT2D eigenvalue weighted by molar-refractivity contribution is 9.10. The summed E-state index contributed by atoms with van der Waals surface area (Å²) >= 11 is 3.52. The molecule has 2 heterocycles. The van der Waals surface area contributed by atoms with Crippen molar-refractivity contribution in [1.82, 2.24) is 10.3 Å². The molecule has 1 saturated carbocycles. The van der Waals surface area contributed by atoms with Gasteiger partial charge in [0.15, 0.2) is 0 Å². The summed E-state index contributed by atoms with van der Waals surface area (Å²) in [4.78, 5) is 15.8. The molecular weight excluding hydrogens is 348 g/mol. The van der Waals surface area contributed by atoms with Gasteiger partial charge in [0.2, 0.25) is 0 Å². The van der Waals surface area contributed by atoms with Gasteiger partial charge in [0.05, 0.1) is 12.7 Å². The quantitative estimate of drug-likeness (QED) is 0.653. The molecule has 2 fully saturated rings. The molecule has 5 nitrogen and oxygen atoms in total. The number of esters is 1. The molecule has 0 bridgehead atoms. The lowest BCUT2D eigenvalue weighted by molar-refractivity contribution is -0.196. The van der Waals surface area contributed by atoms with E-state index in [1.807, 2.05) is 12.1 Å². The van der Waals surface area contributed by atoms with Crippen LogP contribution in [0.5, 0.6) is 0 Å². The zero-order chi connectivity index (χ0) is 15.6. The number of rotatable bonds is 4. The van der Waals surface area contributed by atoms with E-state index in [-0.39, 0.29) is 12.6 Å². The summed E-state index contributed by atoms with van der Waals surface area (Å²) in [6.07, 6.45) is 5.94. The summed E-state index contributed by atoms with van der Waals surface area (Å²) in [6.45, 7) is 2.09. The molecule has 0 unspecified atom stereocenters. The number of piperidine rings is 1. The largest absolute Gasteiger partial charge is 0.467 e. The normalized spacial score (nSPS) is 22.1. The Labute approximate surface area is 138 Å². The number of carbonyl (C=O) groups is 1. The third-order valence-corrected chi connectivity index (χ3v) is 5.56. The molecule has 1 aromatic heterocycles. The lowest BCUT2D eigenvalue weighted by Crippen LogP contribution is -2.55. The Morgan fingerprint density at radius 2 is 2.14 bits per heavy atom. The average Bonchev–Trinajstić information content (AvgIpc) is 2.52. The van der Waals surface area contributed by atoms with Crippen molar-refractivity contribution >= 4 is 21.9 Å². The van der Waals surface area contributed by atoms with E-state index in [1.165, 1.54) is 7.11 Å². The molecular formula is C16H21BrN2O3. The summed E-state index contributed by atoms with van der Waals surface area (Å²) in [5, 5.41) is 3.41. The predicted molar refractivity (Wildman–Crippen MR) is 85.4 cm³/mol. The Morgan fingerprint density at radius 3 is 2.77 bits per heavy atom. The maximum absolute atomic E-state index is 11.5.